The fraction of sp³-hybridized carbons (Fsp3) is 0.611. The van der Waals surface area contributed by atoms with E-state index in [1.54, 1.807) is 0 Å². The minimum atomic E-state index is -3.83. The average molecular weight is 415 g/mol. The number of aryl methyl sites for hydroxylation is 2. The number of ether oxygens (including phenoxy) is 1. The van der Waals surface area contributed by atoms with Gasteiger partial charge in [0.2, 0.25) is 0 Å². The van der Waals surface area contributed by atoms with Crippen LogP contribution in [0.25, 0.3) is 0 Å². The maximum Gasteiger partial charge on any atom is 1.00 e. The molecule has 0 aliphatic carbocycles. The number of rotatable bonds is 3. The Kier molecular flexibility index (Phi) is 11.4. The van der Waals surface area contributed by atoms with E-state index in [4.69, 9.17) is 18.1 Å². The van der Waals surface area contributed by atoms with Gasteiger partial charge in [0, 0.05) is 16.8 Å². The predicted molar refractivity (Wildman–Crippen MR) is 106 cm³/mol. The number of benzene rings is 1. The quantitative estimate of drug-likeness (QED) is 0.445. The summed E-state index contributed by atoms with van der Waals surface area (Å²) in [5.41, 5.74) is 2.95. The van der Waals surface area contributed by atoms with Crippen LogP contribution in [0, 0.1) is 19.3 Å². The van der Waals surface area contributed by atoms with E-state index in [-0.39, 0.29) is 42.4 Å². The molecular formula is C18H31NaO5S2. The first-order valence-corrected chi connectivity index (χ1v) is 10.4. The van der Waals surface area contributed by atoms with Crippen molar-refractivity contribution in [2.75, 3.05) is 0 Å². The third-order valence-electron chi connectivity index (χ3n) is 3.82. The summed E-state index contributed by atoms with van der Waals surface area (Å²) >= 11 is 3.47. The van der Waals surface area contributed by atoms with Crippen molar-refractivity contribution in [2.24, 2.45) is 5.41 Å². The Morgan fingerprint density at radius 2 is 1.62 bits per heavy atom. The van der Waals surface area contributed by atoms with Crippen molar-refractivity contribution in [1.29, 1.82) is 0 Å². The maximum atomic E-state index is 12.2. The van der Waals surface area contributed by atoms with Crippen molar-refractivity contribution in [3.8, 4) is 5.75 Å². The van der Waals surface area contributed by atoms with E-state index >= 15 is 0 Å². The van der Waals surface area contributed by atoms with E-state index in [1.165, 1.54) is 5.56 Å². The van der Waals surface area contributed by atoms with Crippen LogP contribution in [0.2, 0.25) is 0 Å². The Balaban J connectivity index is -0.000000729. The Morgan fingerprint density at radius 3 is 1.96 bits per heavy atom. The van der Waals surface area contributed by atoms with Crippen LogP contribution in [0.5, 0.6) is 5.75 Å². The number of esters is 1. The molecular weight excluding hydrogens is 383 g/mol. The van der Waals surface area contributed by atoms with Gasteiger partial charge < -0.3 is 6.16 Å². The second-order valence-electron chi connectivity index (χ2n) is 7.78. The van der Waals surface area contributed by atoms with Gasteiger partial charge in [-0.3, -0.25) is 13.9 Å². The van der Waals surface area contributed by atoms with Crippen molar-refractivity contribution < 1.29 is 53.8 Å². The summed E-state index contributed by atoms with van der Waals surface area (Å²) in [6.45, 7) is 16.3. The summed E-state index contributed by atoms with van der Waals surface area (Å²) < 4.78 is 29.7. The van der Waals surface area contributed by atoms with Crippen molar-refractivity contribution in [1.82, 2.24) is 0 Å². The molecule has 0 spiro atoms. The summed E-state index contributed by atoms with van der Waals surface area (Å²) in [5, 5.41) is 0. The normalized spacial score (nSPS) is 11.8. The average Bonchev–Trinajstić information content (AvgIpc) is 2.34. The van der Waals surface area contributed by atoms with Crippen LogP contribution in [-0.4, -0.2) is 19.3 Å². The molecule has 0 fully saturated rings. The maximum absolute atomic E-state index is 12.2. The first kappa shape index (κ1) is 28.2. The molecule has 26 heavy (non-hydrogen) atoms. The van der Waals surface area contributed by atoms with Crippen LogP contribution in [0.4, 0.5) is 0 Å². The van der Waals surface area contributed by atoms with Gasteiger partial charge in [0.1, 0.15) is 5.75 Å². The molecule has 0 aliphatic heterocycles. The molecule has 1 aromatic rings. The minimum Gasteiger partial charge on any atom is -1.00 e. The molecule has 146 valence electrons. The zero-order valence-corrected chi connectivity index (χ0v) is 20.9. The molecule has 2 N–H and O–H groups in total. The number of carbonyl (C=O) groups is 1. The Hall–Kier alpha value is -0.0200. The molecule has 0 aromatic heterocycles. The molecule has 0 heterocycles. The van der Waals surface area contributed by atoms with Crippen LogP contribution in [0.15, 0.2) is 12.1 Å². The molecule has 0 amide bonds. The fourth-order valence-corrected chi connectivity index (χ4v) is 2.31. The van der Waals surface area contributed by atoms with Crippen LogP contribution >= 0.6 is 0 Å². The van der Waals surface area contributed by atoms with Crippen molar-refractivity contribution in [3.05, 3.63) is 28.8 Å². The summed E-state index contributed by atoms with van der Waals surface area (Å²) in [5.74, 6) is 0.532. The minimum absolute atomic E-state index is 0. The third kappa shape index (κ3) is 10.3. The van der Waals surface area contributed by atoms with Crippen molar-refractivity contribution in [2.45, 2.75) is 67.2 Å². The third-order valence-corrected chi connectivity index (χ3v) is 3.82. The molecule has 0 unspecified atom stereocenters. The topological polar surface area (TPSA) is 83.8 Å². The smallest absolute Gasteiger partial charge is 1.00 e. The van der Waals surface area contributed by atoms with E-state index in [9.17, 15) is 4.79 Å². The summed E-state index contributed by atoms with van der Waals surface area (Å²) in [4.78, 5) is 12.2. The molecule has 5 nitrogen and oxygen atoms in total. The van der Waals surface area contributed by atoms with Crippen molar-refractivity contribution >= 4 is 26.2 Å². The molecule has 1 aromatic carbocycles. The zero-order valence-electron chi connectivity index (χ0n) is 18.3. The molecule has 0 radical (unpaired) electrons. The zero-order chi connectivity index (χ0) is 20.2. The first-order chi connectivity index (χ1) is 11.0. The van der Waals surface area contributed by atoms with Crippen LogP contribution in [0.3, 0.4) is 0 Å². The second-order valence-corrected chi connectivity index (χ2v) is 9.98. The Morgan fingerprint density at radius 1 is 1.19 bits per heavy atom. The van der Waals surface area contributed by atoms with Crippen LogP contribution in [0.1, 0.15) is 66.1 Å². The second kappa shape index (κ2) is 10.5. The molecule has 0 bridgehead atoms. The molecule has 0 atom stereocenters. The van der Waals surface area contributed by atoms with E-state index in [0.717, 1.165) is 17.5 Å². The predicted octanol–water partition coefficient (Wildman–Crippen LogP) is 1.74. The molecule has 0 aliphatic rings. The van der Waals surface area contributed by atoms with Gasteiger partial charge in [0.25, 0.3) is 9.05 Å². The monoisotopic (exact) mass is 414 g/mol. The van der Waals surface area contributed by atoms with E-state index < -0.39 is 14.5 Å². The van der Waals surface area contributed by atoms with E-state index in [1.807, 2.05) is 33.8 Å². The van der Waals surface area contributed by atoms with Crippen LogP contribution < -0.4 is 34.3 Å². The van der Waals surface area contributed by atoms with Gasteiger partial charge >= 0.3 is 35.5 Å². The Bertz CT molecular complexity index is 718. The van der Waals surface area contributed by atoms with Gasteiger partial charge in [0.15, 0.2) is 0 Å². The van der Waals surface area contributed by atoms with Gasteiger partial charge in [-0.1, -0.05) is 26.8 Å². The largest absolute Gasteiger partial charge is 1.00 e. The van der Waals surface area contributed by atoms with E-state index in [2.05, 4.69) is 44.9 Å². The number of carbonyl (C=O) groups excluding carboxylic acids is 1. The van der Waals surface area contributed by atoms with Crippen molar-refractivity contribution in [3.63, 3.8) is 0 Å². The van der Waals surface area contributed by atoms with Gasteiger partial charge in [-0.2, -0.15) is 4.21 Å². The summed E-state index contributed by atoms with van der Waals surface area (Å²) in [6.07, 6.45) is 0.997. The molecule has 0 saturated carbocycles. The van der Waals surface area contributed by atoms with Gasteiger partial charge in [0.05, 0.1) is 5.41 Å². The Labute approximate surface area is 186 Å². The van der Waals surface area contributed by atoms with Gasteiger partial charge in [-0.15, -0.1) is 0 Å². The first-order valence-electron chi connectivity index (χ1n) is 8.03. The number of hydrogen-bond acceptors (Lipinski definition) is 4. The van der Waals surface area contributed by atoms with E-state index in [0.29, 0.717) is 5.75 Å². The number of hydrogen-bond donors (Lipinski definition) is 2. The molecule has 1 rings (SSSR count). The van der Waals surface area contributed by atoms with Crippen LogP contribution in [-0.2, 0) is 30.5 Å². The summed E-state index contributed by atoms with van der Waals surface area (Å²) in [6, 6.07) is 4.13. The van der Waals surface area contributed by atoms with Gasteiger partial charge in [-0.25, -0.2) is 0 Å². The molecule has 8 heteroatoms. The summed E-state index contributed by atoms with van der Waals surface area (Å²) in [7, 11) is -3.83. The molecule has 0 saturated heterocycles. The standard InChI is InChI=1S/C18H28O2.Na.H2O3S2.H/c1-9-18(7,8)15-13(3)10-12(2)11-14(15)20-16(19)17(4,5)6;;1-5(2,3)4;/h10-11H,9H2,1-8H3;;(H2,1,2,3,4);/q;+1;;-1. The SMILES string of the molecule is CCC(C)(C)c1c(C)cc(C)cc1OC(=O)C(C)(C)C.O=S(O)(O)=S.[H-].[Na+]. The van der Waals surface area contributed by atoms with Gasteiger partial charge in [-0.05, 0) is 63.6 Å². The fourth-order valence-electron chi connectivity index (χ4n) is 2.31.